The molecule has 0 bridgehead atoms. The van der Waals surface area contributed by atoms with Gasteiger partial charge in [-0.2, -0.15) is 8.75 Å². The van der Waals surface area contributed by atoms with E-state index < -0.39 is 0 Å². The van der Waals surface area contributed by atoms with Crippen molar-refractivity contribution in [1.82, 2.24) is 8.75 Å². The lowest BCUT2D eigenvalue weighted by Gasteiger charge is -2.20. The lowest BCUT2D eigenvalue weighted by Crippen LogP contribution is -2.13. The first kappa shape index (κ1) is 16.5. The molecule has 0 aliphatic heterocycles. The van der Waals surface area contributed by atoms with E-state index in [9.17, 15) is 0 Å². The molecule has 0 N–H and O–H groups in total. The summed E-state index contributed by atoms with van der Waals surface area (Å²) < 4.78 is 14.6. The summed E-state index contributed by atoms with van der Waals surface area (Å²) in [6, 6.07) is 12.8. The third kappa shape index (κ3) is 3.04. The van der Waals surface area contributed by atoms with E-state index in [-0.39, 0.29) is 5.41 Å². The molecule has 1 aliphatic rings. The highest BCUT2D eigenvalue weighted by Crippen LogP contribution is 2.49. The van der Waals surface area contributed by atoms with Gasteiger partial charge in [-0.05, 0) is 64.6 Å². The zero-order chi connectivity index (χ0) is 17.6. The molecule has 0 fully saturated rings. The normalized spacial score (nSPS) is 18.7. The zero-order valence-electron chi connectivity index (χ0n) is 15.2. The Hall–Kier alpha value is -1.94. The van der Waals surface area contributed by atoms with E-state index in [4.69, 9.17) is 4.74 Å². The van der Waals surface area contributed by atoms with Crippen LogP contribution < -0.4 is 4.74 Å². The van der Waals surface area contributed by atoms with Gasteiger partial charge in [0.2, 0.25) is 0 Å². The predicted molar refractivity (Wildman–Crippen MR) is 103 cm³/mol. The maximum Gasteiger partial charge on any atom is 0.120 e. The van der Waals surface area contributed by atoms with Gasteiger partial charge in [-0.3, -0.25) is 0 Å². The molecule has 130 valence electrons. The third-order valence-corrected chi connectivity index (χ3v) is 5.97. The first-order valence-corrected chi connectivity index (χ1v) is 9.65. The van der Waals surface area contributed by atoms with Crippen molar-refractivity contribution in [3.63, 3.8) is 0 Å². The molecule has 1 heterocycles. The predicted octanol–water partition coefficient (Wildman–Crippen LogP) is 5.69. The molecule has 0 unspecified atom stereocenters. The Kier molecular flexibility index (Phi) is 4.03. The molecule has 0 saturated heterocycles. The number of aromatic nitrogens is 2. The summed E-state index contributed by atoms with van der Waals surface area (Å²) in [5.41, 5.74) is 6.23. The van der Waals surface area contributed by atoms with Crippen LogP contribution in [0.4, 0.5) is 0 Å². The van der Waals surface area contributed by atoms with E-state index in [0.717, 1.165) is 22.3 Å². The smallest absolute Gasteiger partial charge is 0.120 e. The Labute approximate surface area is 153 Å². The molecule has 4 heteroatoms. The first-order valence-electron chi connectivity index (χ1n) is 8.92. The average molecular weight is 353 g/mol. The van der Waals surface area contributed by atoms with Crippen LogP contribution in [0.1, 0.15) is 56.7 Å². The molecule has 4 rings (SSSR count). The lowest BCUT2D eigenvalue weighted by molar-refractivity contribution is 0.305. The van der Waals surface area contributed by atoms with Crippen LogP contribution in [-0.4, -0.2) is 8.75 Å². The number of benzene rings is 2. The quantitative estimate of drug-likeness (QED) is 0.605. The van der Waals surface area contributed by atoms with Crippen LogP contribution in [0.5, 0.6) is 5.75 Å². The van der Waals surface area contributed by atoms with E-state index >= 15 is 0 Å². The number of fused-ring (bicyclic) bond motifs is 2. The van der Waals surface area contributed by atoms with Crippen LogP contribution in [0, 0.1) is 5.92 Å². The molecule has 2 aromatic carbocycles. The topological polar surface area (TPSA) is 35.0 Å². The standard InChI is InChI=1S/C21H24N2OS/c1-13(2)17-11-21(3,4)18-7-6-15(10-16(17)18)24-12-14-5-8-19-20(9-14)23-25-22-19/h5-10,13,17H,11-12H2,1-4H3/t17-/m0/s1. The maximum atomic E-state index is 6.09. The van der Waals surface area contributed by atoms with Crippen molar-refractivity contribution >= 4 is 22.8 Å². The monoisotopic (exact) mass is 352 g/mol. The van der Waals surface area contributed by atoms with Crippen LogP contribution in [0.2, 0.25) is 0 Å². The summed E-state index contributed by atoms with van der Waals surface area (Å²) >= 11 is 1.25. The Morgan fingerprint density at radius 2 is 1.92 bits per heavy atom. The van der Waals surface area contributed by atoms with Crippen molar-refractivity contribution in [1.29, 1.82) is 0 Å². The van der Waals surface area contributed by atoms with E-state index in [2.05, 4.69) is 66.8 Å². The summed E-state index contributed by atoms with van der Waals surface area (Å²) in [7, 11) is 0. The van der Waals surface area contributed by atoms with Crippen molar-refractivity contribution in [2.75, 3.05) is 0 Å². The fourth-order valence-electron chi connectivity index (χ4n) is 4.00. The van der Waals surface area contributed by atoms with E-state index in [1.807, 2.05) is 6.07 Å². The Morgan fingerprint density at radius 3 is 2.72 bits per heavy atom. The number of hydrogen-bond donors (Lipinski definition) is 0. The van der Waals surface area contributed by atoms with Gasteiger partial charge in [0.1, 0.15) is 23.4 Å². The Bertz CT molecular complexity index is 913. The molecular weight excluding hydrogens is 328 g/mol. The fourth-order valence-corrected chi connectivity index (χ4v) is 4.52. The van der Waals surface area contributed by atoms with Gasteiger partial charge >= 0.3 is 0 Å². The van der Waals surface area contributed by atoms with Crippen LogP contribution >= 0.6 is 11.7 Å². The van der Waals surface area contributed by atoms with E-state index in [0.29, 0.717) is 18.4 Å². The lowest BCUT2D eigenvalue weighted by atomic mass is 9.84. The van der Waals surface area contributed by atoms with Crippen molar-refractivity contribution in [3.05, 3.63) is 53.1 Å². The minimum atomic E-state index is 0.255. The molecule has 0 amide bonds. The Balaban J connectivity index is 1.56. The van der Waals surface area contributed by atoms with Crippen LogP contribution in [0.15, 0.2) is 36.4 Å². The minimum absolute atomic E-state index is 0.255. The van der Waals surface area contributed by atoms with Gasteiger partial charge in [0.05, 0.1) is 11.7 Å². The maximum absolute atomic E-state index is 6.09. The number of ether oxygens (including phenoxy) is 1. The van der Waals surface area contributed by atoms with Crippen molar-refractivity contribution in [2.24, 2.45) is 5.92 Å². The molecule has 1 aromatic heterocycles. The van der Waals surface area contributed by atoms with E-state index in [1.165, 1.54) is 29.3 Å². The van der Waals surface area contributed by atoms with Crippen molar-refractivity contribution < 1.29 is 4.74 Å². The van der Waals surface area contributed by atoms with Gasteiger partial charge in [-0.1, -0.05) is 39.8 Å². The summed E-state index contributed by atoms with van der Waals surface area (Å²) in [5.74, 6) is 2.22. The molecule has 1 atom stereocenters. The van der Waals surface area contributed by atoms with Crippen molar-refractivity contribution in [2.45, 2.75) is 52.1 Å². The molecular formula is C21H24N2OS. The molecule has 0 saturated carbocycles. The average Bonchev–Trinajstić information content (AvgIpc) is 3.14. The van der Waals surface area contributed by atoms with Crippen molar-refractivity contribution in [3.8, 4) is 5.75 Å². The van der Waals surface area contributed by atoms with Crippen LogP contribution in [-0.2, 0) is 12.0 Å². The summed E-state index contributed by atoms with van der Waals surface area (Å²) in [6.45, 7) is 9.90. The second-order valence-corrected chi connectivity index (χ2v) is 8.59. The summed E-state index contributed by atoms with van der Waals surface area (Å²) in [5, 5.41) is 0. The second-order valence-electron chi connectivity index (χ2n) is 8.06. The first-order chi connectivity index (χ1) is 11.9. The zero-order valence-corrected chi connectivity index (χ0v) is 16.1. The minimum Gasteiger partial charge on any atom is -0.489 e. The number of nitrogens with zero attached hydrogens (tertiary/aromatic N) is 2. The number of hydrogen-bond acceptors (Lipinski definition) is 4. The summed E-state index contributed by atoms with van der Waals surface area (Å²) in [6.07, 6.45) is 1.22. The SMILES string of the molecule is CC(C)[C@@H]1CC(C)(C)c2ccc(OCc3ccc4nsnc4c3)cc21. The van der Waals surface area contributed by atoms with Gasteiger partial charge in [0.25, 0.3) is 0 Å². The van der Waals surface area contributed by atoms with Gasteiger partial charge in [0, 0.05) is 0 Å². The van der Waals surface area contributed by atoms with Gasteiger partial charge in [-0.15, -0.1) is 0 Å². The highest BCUT2D eigenvalue weighted by molar-refractivity contribution is 7.00. The summed E-state index contributed by atoms with van der Waals surface area (Å²) in [4.78, 5) is 0. The largest absolute Gasteiger partial charge is 0.489 e. The molecule has 25 heavy (non-hydrogen) atoms. The van der Waals surface area contributed by atoms with Crippen LogP contribution in [0.3, 0.4) is 0 Å². The van der Waals surface area contributed by atoms with E-state index in [1.54, 1.807) is 0 Å². The Morgan fingerprint density at radius 1 is 1.12 bits per heavy atom. The highest BCUT2D eigenvalue weighted by atomic mass is 32.1. The highest BCUT2D eigenvalue weighted by Gasteiger charge is 2.38. The van der Waals surface area contributed by atoms with Gasteiger partial charge in [-0.25, -0.2) is 0 Å². The third-order valence-electron chi connectivity index (χ3n) is 5.41. The van der Waals surface area contributed by atoms with Gasteiger partial charge < -0.3 is 4.74 Å². The molecule has 0 spiro atoms. The number of rotatable bonds is 4. The van der Waals surface area contributed by atoms with Gasteiger partial charge in [0.15, 0.2) is 0 Å². The van der Waals surface area contributed by atoms with Crippen LogP contribution in [0.25, 0.3) is 11.0 Å². The molecule has 1 aliphatic carbocycles. The second kappa shape index (κ2) is 6.10. The molecule has 3 aromatic rings. The fraction of sp³-hybridized carbons (Fsp3) is 0.429. The molecule has 3 nitrogen and oxygen atoms in total. The molecule has 0 radical (unpaired) electrons.